The van der Waals surface area contributed by atoms with Crippen molar-refractivity contribution in [3.63, 3.8) is 0 Å². The van der Waals surface area contributed by atoms with E-state index in [1.54, 1.807) is 24.3 Å². The number of halogens is 2. The molecule has 156 valence electrons. The van der Waals surface area contributed by atoms with Crippen molar-refractivity contribution < 1.29 is 13.2 Å². The molecule has 1 aliphatic carbocycles. The van der Waals surface area contributed by atoms with Gasteiger partial charge in [-0.2, -0.15) is 4.31 Å². The van der Waals surface area contributed by atoms with Gasteiger partial charge in [0.2, 0.25) is 15.9 Å². The molecule has 0 heterocycles. The van der Waals surface area contributed by atoms with E-state index in [2.05, 4.69) is 5.32 Å². The molecular weight excluding hydrogens is 431 g/mol. The first-order chi connectivity index (χ1) is 13.9. The molecule has 0 atom stereocenters. The van der Waals surface area contributed by atoms with E-state index in [1.165, 1.54) is 16.4 Å². The fourth-order valence-electron chi connectivity index (χ4n) is 3.52. The molecule has 2 aromatic rings. The minimum atomic E-state index is -3.80. The Morgan fingerprint density at radius 3 is 2.07 bits per heavy atom. The highest BCUT2D eigenvalue weighted by molar-refractivity contribution is 7.89. The van der Waals surface area contributed by atoms with E-state index in [4.69, 9.17) is 23.2 Å². The molecule has 0 radical (unpaired) electrons. The molecule has 3 rings (SSSR count). The number of hydrogen-bond acceptors (Lipinski definition) is 3. The molecule has 29 heavy (non-hydrogen) atoms. The lowest BCUT2D eigenvalue weighted by Crippen LogP contribution is -2.46. The van der Waals surface area contributed by atoms with Gasteiger partial charge in [0.25, 0.3) is 0 Å². The number of nitrogens with one attached hydrogen (secondary N) is 1. The van der Waals surface area contributed by atoms with Crippen LogP contribution in [0.15, 0.2) is 53.4 Å². The van der Waals surface area contributed by atoms with Crippen molar-refractivity contribution in [1.29, 1.82) is 0 Å². The molecule has 1 saturated carbocycles. The number of rotatable bonds is 7. The molecule has 0 bridgehead atoms. The summed E-state index contributed by atoms with van der Waals surface area (Å²) in [6, 6.07) is 13.1. The molecule has 0 unspecified atom stereocenters. The summed E-state index contributed by atoms with van der Waals surface area (Å²) in [5.74, 6) is -0.330. The number of sulfonamides is 1. The Morgan fingerprint density at radius 1 is 0.931 bits per heavy atom. The van der Waals surface area contributed by atoms with Crippen molar-refractivity contribution in [3.05, 3.63) is 64.1 Å². The van der Waals surface area contributed by atoms with E-state index >= 15 is 0 Å². The van der Waals surface area contributed by atoms with Gasteiger partial charge in [0.1, 0.15) is 0 Å². The minimum Gasteiger partial charge on any atom is -0.351 e. The second-order valence-corrected chi connectivity index (χ2v) is 9.96. The van der Waals surface area contributed by atoms with Crippen LogP contribution in [0.1, 0.15) is 37.7 Å². The second-order valence-electron chi connectivity index (χ2n) is 7.20. The first kappa shape index (κ1) is 22.1. The number of benzene rings is 2. The van der Waals surface area contributed by atoms with Crippen LogP contribution in [0.2, 0.25) is 10.0 Å². The summed E-state index contributed by atoms with van der Waals surface area (Å²) < 4.78 is 27.9. The summed E-state index contributed by atoms with van der Waals surface area (Å²) in [7, 11) is -3.80. The Balaban J connectivity index is 1.75. The zero-order valence-corrected chi connectivity index (χ0v) is 18.3. The number of hydrogen-bond donors (Lipinski definition) is 1. The summed E-state index contributed by atoms with van der Waals surface area (Å²) >= 11 is 11.8. The molecule has 0 spiro atoms. The molecule has 5 nitrogen and oxygen atoms in total. The average molecular weight is 455 g/mol. The highest BCUT2D eigenvalue weighted by atomic mass is 35.5. The van der Waals surface area contributed by atoms with Crippen LogP contribution in [0.3, 0.4) is 0 Å². The normalized spacial score (nSPS) is 15.4. The Hall–Kier alpha value is -1.60. The average Bonchev–Trinajstić information content (AvgIpc) is 2.72. The number of carbonyl (C=O) groups is 1. The van der Waals surface area contributed by atoms with Crippen molar-refractivity contribution in [1.82, 2.24) is 9.62 Å². The highest BCUT2D eigenvalue weighted by Gasteiger charge is 2.33. The Bertz CT molecular complexity index is 925. The Kier molecular flexibility index (Phi) is 7.57. The van der Waals surface area contributed by atoms with Crippen LogP contribution in [-0.4, -0.2) is 31.2 Å². The predicted molar refractivity (Wildman–Crippen MR) is 116 cm³/mol. The van der Waals surface area contributed by atoms with Crippen molar-refractivity contribution in [2.24, 2.45) is 0 Å². The smallest absolute Gasteiger partial charge is 0.243 e. The summed E-state index contributed by atoms with van der Waals surface area (Å²) in [4.78, 5) is 12.8. The van der Waals surface area contributed by atoms with E-state index in [9.17, 15) is 13.2 Å². The molecule has 1 amide bonds. The summed E-state index contributed by atoms with van der Waals surface area (Å²) in [5, 5.41) is 3.90. The quantitative estimate of drug-likeness (QED) is 0.662. The van der Waals surface area contributed by atoms with Gasteiger partial charge in [-0.1, -0.05) is 54.6 Å². The van der Waals surface area contributed by atoms with E-state index < -0.39 is 10.0 Å². The van der Waals surface area contributed by atoms with Crippen LogP contribution >= 0.6 is 23.2 Å². The summed E-state index contributed by atoms with van der Waals surface area (Å²) in [6.07, 6.45) is 4.54. The molecule has 8 heteroatoms. The predicted octanol–water partition coefficient (Wildman–Crippen LogP) is 4.63. The fraction of sp³-hybridized carbons (Fsp3) is 0.381. The molecule has 1 fully saturated rings. The van der Waals surface area contributed by atoms with Gasteiger partial charge in [-0.3, -0.25) is 4.79 Å². The van der Waals surface area contributed by atoms with Gasteiger partial charge in [-0.15, -0.1) is 0 Å². The van der Waals surface area contributed by atoms with Crippen LogP contribution in [0.25, 0.3) is 0 Å². The molecule has 2 aromatic carbocycles. The van der Waals surface area contributed by atoms with Gasteiger partial charge in [0.05, 0.1) is 11.4 Å². The zero-order valence-electron chi connectivity index (χ0n) is 16.0. The van der Waals surface area contributed by atoms with E-state index in [-0.39, 0.29) is 23.4 Å². The van der Waals surface area contributed by atoms with Gasteiger partial charge in [-0.25, -0.2) is 8.42 Å². The van der Waals surface area contributed by atoms with Gasteiger partial charge in [0, 0.05) is 22.6 Å². The topological polar surface area (TPSA) is 66.5 Å². The van der Waals surface area contributed by atoms with Crippen LogP contribution in [0.5, 0.6) is 0 Å². The third-order valence-corrected chi connectivity index (χ3v) is 7.52. The summed E-state index contributed by atoms with van der Waals surface area (Å²) in [5.41, 5.74) is 0.896. The SMILES string of the molecule is O=C(CN(C1CCCCC1)S(=O)(=O)c1ccc(Cl)cc1)NCc1ccc(Cl)cc1. The molecule has 0 aromatic heterocycles. The molecule has 0 aliphatic heterocycles. The number of nitrogens with zero attached hydrogens (tertiary/aromatic N) is 1. The first-order valence-corrected chi connectivity index (χ1v) is 11.8. The van der Waals surface area contributed by atoms with Gasteiger partial charge in [-0.05, 0) is 54.8 Å². The summed E-state index contributed by atoms with van der Waals surface area (Å²) in [6.45, 7) is 0.110. The largest absolute Gasteiger partial charge is 0.351 e. The van der Waals surface area contributed by atoms with Crippen LogP contribution in [0.4, 0.5) is 0 Å². The van der Waals surface area contributed by atoms with Crippen LogP contribution < -0.4 is 5.32 Å². The van der Waals surface area contributed by atoms with Gasteiger partial charge in [0.15, 0.2) is 0 Å². The maximum absolute atomic E-state index is 13.3. The van der Waals surface area contributed by atoms with Gasteiger partial charge >= 0.3 is 0 Å². The number of carbonyl (C=O) groups excluding carboxylic acids is 1. The van der Waals surface area contributed by atoms with Crippen molar-refractivity contribution in [3.8, 4) is 0 Å². The van der Waals surface area contributed by atoms with Gasteiger partial charge < -0.3 is 5.32 Å². The maximum Gasteiger partial charge on any atom is 0.243 e. The zero-order chi connectivity index (χ0) is 20.9. The van der Waals surface area contributed by atoms with E-state index in [0.717, 1.165) is 37.7 Å². The molecule has 1 N–H and O–H groups in total. The lowest BCUT2D eigenvalue weighted by Gasteiger charge is -2.33. The van der Waals surface area contributed by atoms with Crippen LogP contribution in [-0.2, 0) is 21.4 Å². The van der Waals surface area contributed by atoms with E-state index in [0.29, 0.717) is 16.6 Å². The monoisotopic (exact) mass is 454 g/mol. The van der Waals surface area contributed by atoms with Crippen LogP contribution in [0, 0.1) is 0 Å². The highest BCUT2D eigenvalue weighted by Crippen LogP contribution is 2.28. The van der Waals surface area contributed by atoms with Crippen molar-refractivity contribution >= 4 is 39.1 Å². The third-order valence-electron chi connectivity index (χ3n) is 5.10. The lowest BCUT2D eigenvalue weighted by molar-refractivity contribution is -0.121. The standard InChI is InChI=1S/C21H24Cl2N2O3S/c22-17-8-6-16(7-9-17)14-24-21(26)15-25(19-4-2-1-3-5-19)29(27,28)20-12-10-18(23)11-13-20/h6-13,19H,1-5,14-15H2,(H,24,26). The fourth-order valence-corrected chi connectivity index (χ4v) is 5.41. The molecule has 0 saturated heterocycles. The van der Waals surface area contributed by atoms with Crippen molar-refractivity contribution in [2.45, 2.75) is 49.6 Å². The van der Waals surface area contributed by atoms with Crippen molar-refractivity contribution in [2.75, 3.05) is 6.54 Å². The second kappa shape index (κ2) is 9.94. The minimum absolute atomic E-state index is 0.151. The first-order valence-electron chi connectivity index (χ1n) is 9.65. The molecular formula is C21H24Cl2N2O3S. The molecule has 1 aliphatic rings. The number of amides is 1. The van der Waals surface area contributed by atoms with E-state index in [1.807, 2.05) is 12.1 Å². The Morgan fingerprint density at radius 2 is 1.48 bits per heavy atom. The maximum atomic E-state index is 13.3. The Labute approximate surface area is 182 Å². The third kappa shape index (κ3) is 5.95. The lowest BCUT2D eigenvalue weighted by atomic mass is 9.95.